The molecule has 2 aliphatic carbocycles. The van der Waals surface area contributed by atoms with Crippen LogP contribution in [0.1, 0.15) is 71.6 Å². The highest BCUT2D eigenvalue weighted by atomic mass is 16.4. The van der Waals surface area contributed by atoms with Crippen LogP contribution < -0.4 is 5.73 Å². The zero-order valence-electron chi connectivity index (χ0n) is 13.5. The molecule has 2 atom stereocenters. The minimum atomic E-state index is -0.855. The lowest BCUT2D eigenvalue weighted by Gasteiger charge is -2.18. The predicted molar refractivity (Wildman–Crippen MR) is 84.0 cm³/mol. The average molecular weight is 297 g/mol. The summed E-state index contributed by atoms with van der Waals surface area (Å²) in [6.07, 6.45) is 10.6. The maximum Gasteiger partial charge on any atom is 0.320 e. The molecular formula is C17H31NO3. The molecule has 0 heterocycles. The molecule has 2 fully saturated rings. The molecule has 0 amide bonds. The van der Waals surface area contributed by atoms with Crippen LogP contribution in [0, 0.1) is 17.8 Å². The van der Waals surface area contributed by atoms with E-state index in [1.54, 1.807) is 6.92 Å². The van der Waals surface area contributed by atoms with Crippen molar-refractivity contribution in [1.29, 1.82) is 0 Å². The first kappa shape index (κ1) is 18.1. The Morgan fingerprint density at radius 3 is 1.81 bits per heavy atom. The second-order valence-electron chi connectivity index (χ2n) is 6.58. The third-order valence-corrected chi connectivity index (χ3v) is 5.12. The highest BCUT2D eigenvalue weighted by Gasteiger charge is 2.27. The molecular weight excluding hydrogens is 266 g/mol. The van der Waals surface area contributed by atoms with Crippen molar-refractivity contribution in [2.45, 2.75) is 77.7 Å². The monoisotopic (exact) mass is 297 g/mol. The lowest BCUT2D eigenvalue weighted by molar-refractivity contribution is -0.139. The van der Waals surface area contributed by atoms with Crippen molar-refractivity contribution in [2.75, 3.05) is 0 Å². The largest absolute Gasteiger partial charge is 0.480 e. The Morgan fingerprint density at radius 2 is 1.48 bits per heavy atom. The Kier molecular flexibility index (Phi) is 7.94. The van der Waals surface area contributed by atoms with E-state index in [0.717, 1.165) is 38.0 Å². The zero-order valence-corrected chi connectivity index (χ0v) is 13.5. The number of carboxylic acids is 1. The Hall–Kier alpha value is -0.900. The van der Waals surface area contributed by atoms with Crippen molar-refractivity contribution < 1.29 is 14.7 Å². The normalized spacial score (nSPS) is 22.4. The molecule has 122 valence electrons. The van der Waals surface area contributed by atoms with E-state index in [-0.39, 0.29) is 5.92 Å². The summed E-state index contributed by atoms with van der Waals surface area (Å²) in [6, 6.07) is -0.623. The Labute approximate surface area is 128 Å². The SMILES string of the molecule is CC[C@H](C(C)=O)C1CCCC1.N[C@H](C(=O)O)C1CCCC1. The van der Waals surface area contributed by atoms with Gasteiger partial charge in [-0.25, -0.2) is 0 Å². The molecule has 2 rings (SSSR count). The molecule has 3 N–H and O–H groups in total. The second-order valence-corrected chi connectivity index (χ2v) is 6.58. The van der Waals surface area contributed by atoms with Gasteiger partial charge in [0.25, 0.3) is 0 Å². The van der Waals surface area contributed by atoms with Crippen LogP contribution in [0.15, 0.2) is 0 Å². The third kappa shape index (κ3) is 5.77. The first-order chi connectivity index (χ1) is 9.97. The van der Waals surface area contributed by atoms with Crippen LogP contribution in [0.4, 0.5) is 0 Å². The lowest BCUT2D eigenvalue weighted by Crippen LogP contribution is -2.36. The van der Waals surface area contributed by atoms with E-state index in [1.165, 1.54) is 25.7 Å². The number of hydrogen-bond donors (Lipinski definition) is 2. The molecule has 0 aromatic carbocycles. The molecule has 0 aromatic heterocycles. The third-order valence-electron chi connectivity index (χ3n) is 5.12. The van der Waals surface area contributed by atoms with Gasteiger partial charge in [0.15, 0.2) is 0 Å². The summed E-state index contributed by atoms with van der Waals surface area (Å²) in [6.45, 7) is 3.87. The number of aliphatic carboxylic acids is 1. The van der Waals surface area contributed by atoms with Crippen LogP contribution in [-0.2, 0) is 9.59 Å². The molecule has 0 spiro atoms. The molecule has 21 heavy (non-hydrogen) atoms. The molecule has 2 saturated carbocycles. The molecule has 0 radical (unpaired) electrons. The summed E-state index contributed by atoms with van der Waals surface area (Å²) in [5, 5.41) is 8.52. The van der Waals surface area contributed by atoms with Crippen LogP contribution in [-0.4, -0.2) is 22.9 Å². The van der Waals surface area contributed by atoms with Gasteiger partial charge < -0.3 is 10.8 Å². The number of hydrogen-bond acceptors (Lipinski definition) is 3. The Bertz CT molecular complexity index is 331. The minimum Gasteiger partial charge on any atom is -0.480 e. The van der Waals surface area contributed by atoms with Crippen molar-refractivity contribution in [1.82, 2.24) is 0 Å². The van der Waals surface area contributed by atoms with Crippen LogP contribution in [0.2, 0.25) is 0 Å². The number of carbonyl (C=O) groups is 2. The fraction of sp³-hybridized carbons (Fsp3) is 0.882. The van der Waals surface area contributed by atoms with E-state index in [2.05, 4.69) is 6.92 Å². The summed E-state index contributed by atoms with van der Waals surface area (Å²) < 4.78 is 0. The number of ketones is 1. The fourth-order valence-corrected chi connectivity index (χ4v) is 3.83. The highest BCUT2D eigenvalue weighted by molar-refractivity contribution is 5.78. The summed E-state index contributed by atoms with van der Waals surface area (Å²) in [5.74, 6) is 0.874. The van der Waals surface area contributed by atoms with Crippen LogP contribution in [0.25, 0.3) is 0 Å². The number of carbonyl (C=O) groups excluding carboxylic acids is 1. The van der Waals surface area contributed by atoms with Crippen molar-refractivity contribution in [3.63, 3.8) is 0 Å². The smallest absolute Gasteiger partial charge is 0.320 e. The van der Waals surface area contributed by atoms with E-state index >= 15 is 0 Å². The van der Waals surface area contributed by atoms with Gasteiger partial charge in [-0.2, -0.15) is 0 Å². The van der Waals surface area contributed by atoms with Crippen molar-refractivity contribution >= 4 is 11.8 Å². The number of carboxylic acid groups (broad SMARTS) is 1. The summed E-state index contributed by atoms with van der Waals surface area (Å²) >= 11 is 0. The van der Waals surface area contributed by atoms with Gasteiger partial charge in [0.05, 0.1) is 0 Å². The zero-order chi connectivity index (χ0) is 15.8. The van der Waals surface area contributed by atoms with Crippen molar-refractivity contribution in [3.8, 4) is 0 Å². The molecule has 0 aromatic rings. The van der Waals surface area contributed by atoms with E-state index in [0.29, 0.717) is 11.7 Å². The number of nitrogens with two attached hydrogens (primary N) is 1. The van der Waals surface area contributed by atoms with Gasteiger partial charge in [-0.15, -0.1) is 0 Å². The van der Waals surface area contributed by atoms with E-state index in [4.69, 9.17) is 10.8 Å². The average Bonchev–Trinajstić information content (AvgIpc) is 3.12. The first-order valence-corrected chi connectivity index (χ1v) is 8.46. The van der Waals surface area contributed by atoms with Crippen molar-refractivity contribution in [2.24, 2.45) is 23.5 Å². The standard InChI is InChI=1S/C10H18O.C7H13NO2/c1-3-10(8(2)11)9-6-4-5-7-9;8-6(7(9)10)5-3-1-2-4-5/h9-10H,3-7H2,1-2H3;5-6H,1-4,8H2,(H,9,10)/t10-;6-/m10/s1. The van der Waals surface area contributed by atoms with Crippen molar-refractivity contribution in [3.05, 3.63) is 0 Å². The van der Waals surface area contributed by atoms with Crippen LogP contribution in [0.5, 0.6) is 0 Å². The first-order valence-electron chi connectivity index (χ1n) is 8.46. The van der Waals surface area contributed by atoms with E-state index < -0.39 is 12.0 Å². The predicted octanol–water partition coefficient (Wildman–Crippen LogP) is 3.38. The summed E-state index contributed by atoms with van der Waals surface area (Å²) in [7, 11) is 0. The lowest BCUT2D eigenvalue weighted by atomic mass is 9.86. The maximum atomic E-state index is 11.2. The van der Waals surface area contributed by atoms with Gasteiger partial charge in [0.1, 0.15) is 11.8 Å². The molecule has 4 nitrogen and oxygen atoms in total. The molecule has 0 aliphatic heterocycles. The van der Waals surface area contributed by atoms with Gasteiger partial charge in [-0.3, -0.25) is 9.59 Å². The second kappa shape index (κ2) is 9.19. The fourth-order valence-electron chi connectivity index (χ4n) is 3.83. The Balaban J connectivity index is 0.000000211. The molecule has 4 heteroatoms. The maximum absolute atomic E-state index is 11.2. The number of Topliss-reactive ketones (excluding diaryl/α,β-unsaturated/α-hetero) is 1. The van der Waals surface area contributed by atoms with Gasteiger partial charge in [-0.05, 0) is 50.9 Å². The molecule has 0 unspecified atom stereocenters. The van der Waals surface area contributed by atoms with Crippen LogP contribution >= 0.6 is 0 Å². The summed E-state index contributed by atoms with van der Waals surface area (Å²) in [4.78, 5) is 21.5. The molecule has 0 saturated heterocycles. The van der Waals surface area contributed by atoms with Crippen LogP contribution in [0.3, 0.4) is 0 Å². The highest BCUT2D eigenvalue weighted by Crippen LogP contribution is 2.33. The number of rotatable bonds is 5. The molecule has 2 aliphatic rings. The Morgan fingerprint density at radius 1 is 1.05 bits per heavy atom. The van der Waals surface area contributed by atoms with Gasteiger partial charge >= 0.3 is 5.97 Å². The molecule has 0 bridgehead atoms. The van der Waals surface area contributed by atoms with Gasteiger partial charge in [-0.1, -0.05) is 32.6 Å². The van der Waals surface area contributed by atoms with E-state index in [9.17, 15) is 9.59 Å². The van der Waals surface area contributed by atoms with E-state index in [1.807, 2.05) is 0 Å². The quantitative estimate of drug-likeness (QED) is 0.815. The van der Waals surface area contributed by atoms with Gasteiger partial charge in [0.2, 0.25) is 0 Å². The topological polar surface area (TPSA) is 80.4 Å². The summed E-state index contributed by atoms with van der Waals surface area (Å²) in [5.41, 5.74) is 5.42. The minimum absolute atomic E-state index is 0.234. The van der Waals surface area contributed by atoms with Gasteiger partial charge in [0, 0.05) is 5.92 Å².